The van der Waals surface area contributed by atoms with Gasteiger partial charge in [-0.1, -0.05) is 36.4 Å². The quantitative estimate of drug-likeness (QED) is 0.550. The van der Waals surface area contributed by atoms with Crippen LogP contribution in [0, 0.1) is 0 Å². The van der Waals surface area contributed by atoms with E-state index >= 15 is 0 Å². The second kappa shape index (κ2) is 10.8. The highest BCUT2D eigenvalue weighted by atomic mass is 16.4. The molecule has 0 amide bonds. The van der Waals surface area contributed by atoms with E-state index in [9.17, 15) is 4.79 Å². The Kier molecular flexibility index (Phi) is 8.18. The number of carboxylic acid groups (broad SMARTS) is 1. The highest BCUT2D eigenvalue weighted by Gasteiger charge is 2.15. The second-order valence-electron chi connectivity index (χ2n) is 6.89. The summed E-state index contributed by atoms with van der Waals surface area (Å²) in [5.74, 6) is -1.09. The van der Waals surface area contributed by atoms with E-state index in [0.717, 1.165) is 18.7 Å². The van der Waals surface area contributed by atoms with Crippen LogP contribution in [-0.2, 0) is 0 Å². The summed E-state index contributed by atoms with van der Waals surface area (Å²) >= 11 is 0. The zero-order valence-corrected chi connectivity index (χ0v) is 16.7. The van der Waals surface area contributed by atoms with Gasteiger partial charge < -0.3 is 20.8 Å². The van der Waals surface area contributed by atoms with Crippen LogP contribution in [0.25, 0.3) is 0 Å². The van der Waals surface area contributed by atoms with E-state index in [1.807, 2.05) is 12.3 Å². The number of aromatic nitrogens is 1. The van der Waals surface area contributed by atoms with Crippen molar-refractivity contribution in [2.24, 2.45) is 0 Å². The predicted molar refractivity (Wildman–Crippen MR) is 115 cm³/mol. The van der Waals surface area contributed by atoms with Crippen molar-refractivity contribution in [3.63, 3.8) is 0 Å². The molecule has 0 fully saturated rings. The van der Waals surface area contributed by atoms with Gasteiger partial charge in [-0.15, -0.1) is 0 Å². The Morgan fingerprint density at radius 1 is 1.07 bits per heavy atom. The van der Waals surface area contributed by atoms with E-state index in [0.29, 0.717) is 11.6 Å². The molecule has 0 spiro atoms. The number of nitrogen functional groups attached to an aromatic ring is 1. The molecule has 2 aromatic carbocycles. The Morgan fingerprint density at radius 2 is 1.76 bits per heavy atom. The van der Waals surface area contributed by atoms with Crippen molar-refractivity contribution >= 4 is 11.7 Å². The third kappa shape index (κ3) is 6.93. The Labute approximate surface area is 171 Å². The van der Waals surface area contributed by atoms with Crippen LogP contribution >= 0.6 is 0 Å². The number of carbonyl (C=O) groups is 1. The SMILES string of the molecule is CN(C)CC[C@@H](c1ccccc1)c1ccccn1.Nc1ccc(C(=O)O)c(O)c1. The Balaban J connectivity index is 0.000000234. The van der Waals surface area contributed by atoms with Gasteiger partial charge in [0, 0.05) is 29.6 Å². The van der Waals surface area contributed by atoms with Gasteiger partial charge in [-0.05, 0) is 56.9 Å². The minimum absolute atomic E-state index is 0.140. The Hall–Kier alpha value is -3.38. The van der Waals surface area contributed by atoms with Crippen molar-refractivity contribution in [2.75, 3.05) is 26.4 Å². The summed E-state index contributed by atoms with van der Waals surface area (Å²) < 4.78 is 0. The molecule has 4 N–H and O–H groups in total. The number of nitrogens with zero attached hydrogens (tertiary/aromatic N) is 2. The second-order valence-corrected chi connectivity index (χ2v) is 6.89. The average Bonchev–Trinajstić information content (AvgIpc) is 2.70. The molecule has 0 unspecified atom stereocenters. The fourth-order valence-electron chi connectivity index (χ4n) is 2.87. The van der Waals surface area contributed by atoms with Crippen molar-refractivity contribution in [3.05, 3.63) is 89.7 Å². The zero-order valence-electron chi connectivity index (χ0n) is 16.7. The number of phenols is 1. The standard InChI is InChI=1S/C16H20N2.C7H7NO3/c1-18(2)13-11-15(14-8-4-3-5-9-14)16-10-6-7-12-17-16;8-4-1-2-5(7(10)11)6(9)3-4/h3-10,12,15H,11,13H2,1-2H3;1-3,9H,8H2,(H,10,11)/t15-;/m0./s1. The molecule has 0 aliphatic heterocycles. The van der Waals surface area contributed by atoms with Crippen molar-refractivity contribution < 1.29 is 15.0 Å². The first-order valence-corrected chi connectivity index (χ1v) is 9.31. The van der Waals surface area contributed by atoms with Gasteiger partial charge in [-0.3, -0.25) is 4.98 Å². The summed E-state index contributed by atoms with van der Waals surface area (Å²) in [7, 11) is 4.22. The zero-order chi connectivity index (χ0) is 21.2. The molecular formula is C23H27N3O3. The van der Waals surface area contributed by atoms with Gasteiger partial charge in [0.05, 0.1) is 0 Å². The van der Waals surface area contributed by atoms with Crippen LogP contribution in [0.2, 0.25) is 0 Å². The number of rotatable bonds is 6. The molecular weight excluding hydrogens is 366 g/mol. The molecule has 152 valence electrons. The van der Waals surface area contributed by atoms with E-state index in [4.69, 9.17) is 15.9 Å². The summed E-state index contributed by atoms with van der Waals surface area (Å²) in [6.45, 7) is 1.07. The minimum atomic E-state index is -1.16. The molecule has 1 atom stereocenters. The van der Waals surface area contributed by atoms with Gasteiger partial charge in [-0.2, -0.15) is 0 Å². The Bertz CT molecular complexity index is 860. The maximum Gasteiger partial charge on any atom is 0.339 e. The lowest BCUT2D eigenvalue weighted by Crippen LogP contribution is -2.17. The molecule has 6 heteroatoms. The first-order valence-electron chi connectivity index (χ1n) is 9.31. The highest BCUT2D eigenvalue weighted by Crippen LogP contribution is 2.26. The van der Waals surface area contributed by atoms with Crippen LogP contribution in [0.1, 0.15) is 34.0 Å². The number of hydrogen-bond donors (Lipinski definition) is 3. The summed E-state index contributed by atoms with van der Waals surface area (Å²) in [5.41, 5.74) is 7.98. The number of carboxylic acids is 1. The molecule has 0 saturated carbocycles. The maximum absolute atomic E-state index is 10.3. The smallest absolute Gasteiger partial charge is 0.339 e. The summed E-state index contributed by atoms with van der Waals surface area (Å²) in [6.07, 6.45) is 2.97. The van der Waals surface area contributed by atoms with Gasteiger partial charge >= 0.3 is 5.97 Å². The van der Waals surface area contributed by atoms with Gasteiger partial charge in [0.2, 0.25) is 0 Å². The molecule has 0 radical (unpaired) electrons. The van der Waals surface area contributed by atoms with Crippen LogP contribution < -0.4 is 5.73 Å². The van der Waals surface area contributed by atoms with E-state index in [1.54, 1.807) is 0 Å². The molecule has 0 saturated heterocycles. The van der Waals surface area contributed by atoms with Gasteiger partial charge in [0.15, 0.2) is 0 Å². The summed E-state index contributed by atoms with van der Waals surface area (Å²) in [6, 6.07) is 20.7. The van der Waals surface area contributed by atoms with Crippen LogP contribution in [0.15, 0.2) is 72.9 Å². The number of aromatic carboxylic acids is 1. The van der Waals surface area contributed by atoms with Gasteiger partial charge in [-0.25, -0.2) is 4.79 Å². The Morgan fingerprint density at radius 3 is 2.31 bits per heavy atom. The molecule has 6 nitrogen and oxygen atoms in total. The first kappa shape index (κ1) is 21.9. The van der Waals surface area contributed by atoms with Crippen LogP contribution in [0.3, 0.4) is 0 Å². The van der Waals surface area contributed by atoms with Crippen LogP contribution in [0.5, 0.6) is 5.75 Å². The van der Waals surface area contributed by atoms with Crippen LogP contribution in [0.4, 0.5) is 5.69 Å². The van der Waals surface area contributed by atoms with E-state index in [1.165, 1.54) is 23.8 Å². The third-order valence-electron chi connectivity index (χ3n) is 4.36. The van der Waals surface area contributed by atoms with Gasteiger partial charge in [0.25, 0.3) is 0 Å². The van der Waals surface area contributed by atoms with Crippen molar-refractivity contribution in [2.45, 2.75) is 12.3 Å². The van der Waals surface area contributed by atoms with E-state index in [-0.39, 0.29) is 11.3 Å². The monoisotopic (exact) mass is 393 g/mol. The summed E-state index contributed by atoms with van der Waals surface area (Å²) in [4.78, 5) is 17.1. The topological polar surface area (TPSA) is 99.7 Å². The lowest BCUT2D eigenvalue weighted by Gasteiger charge is -2.19. The van der Waals surface area contributed by atoms with Crippen molar-refractivity contribution in [1.82, 2.24) is 9.88 Å². The minimum Gasteiger partial charge on any atom is -0.507 e. The number of pyridine rings is 1. The number of anilines is 1. The van der Waals surface area contributed by atoms with Crippen molar-refractivity contribution in [3.8, 4) is 5.75 Å². The molecule has 0 aliphatic carbocycles. The molecule has 0 bridgehead atoms. The third-order valence-corrected chi connectivity index (χ3v) is 4.36. The molecule has 3 rings (SSSR count). The average molecular weight is 393 g/mol. The lowest BCUT2D eigenvalue weighted by atomic mass is 9.92. The van der Waals surface area contributed by atoms with E-state index < -0.39 is 5.97 Å². The largest absolute Gasteiger partial charge is 0.507 e. The van der Waals surface area contributed by atoms with Gasteiger partial charge in [0.1, 0.15) is 11.3 Å². The molecule has 29 heavy (non-hydrogen) atoms. The first-order chi connectivity index (χ1) is 13.9. The maximum atomic E-state index is 10.3. The molecule has 1 aromatic heterocycles. The number of aromatic hydroxyl groups is 1. The molecule has 1 heterocycles. The fraction of sp³-hybridized carbons (Fsp3) is 0.217. The molecule has 0 aliphatic rings. The summed E-state index contributed by atoms with van der Waals surface area (Å²) in [5, 5.41) is 17.5. The number of hydrogen-bond acceptors (Lipinski definition) is 5. The van der Waals surface area contributed by atoms with Crippen LogP contribution in [-0.4, -0.2) is 46.7 Å². The molecule has 3 aromatic rings. The van der Waals surface area contributed by atoms with Crippen molar-refractivity contribution in [1.29, 1.82) is 0 Å². The predicted octanol–water partition coefficient (Wildman–Crippen LogP) is 3.84. The number of benzene rings is 2. The normalized spacial score (nSPS) is 11.4. The van der Waals surface area contributed by atoms with E-state index in [2.05, 4.69) is 66.4 Å². The lowest BCUT2D eigenvalue weighted by molar-refractivity contribution is 0.0694. The fourth-order valence-corrected chi connectivity index (χ4v) is 2.87. The number of nitrogens with two attached hydrogens (primary N) is 1. The highest BCUT2D eigenvalue weighted by molar-refractivity contribution is 5.91.